The summed E-state index contributed by atoms with van der Waals surface area (Å²) in [6.45, 7) is 5.19. The van der Waals surface area contributed by atoms with Crippen LogP contribution in [-0.4, -0.2) is 36.7 Å². The minimum absolute atomic E-state index is 0.713. The molecule has 116 valence electrons. The first-order chi connectivity index (χ1) is 10.3. The molecule has 0 radical (unpaired) electrons. The van der Waals surface area contributed by atoms with Crippen LogP contribution >= 0.6 is 0 Å². The topological polar surface area (TPSA) is 24.5 Å². The molecule has 0 spiro atoms. The highest BCUT2D eigenvalue weighted by Crippen LogP contribution is 2.30. The summed E-state index contributed by atoms with van der Waals surface area (Å²) in [7, 11) is 1.78. The van der Waals surface area contributed by atoms with Crippen molar-refractivity contribution in [2.24, 2.45) is 0 Å². The molecule has 2 unspecified atom stereocenters. The van der Waals surface area contributed by atoms with Gasteiger partial charge in [0, 0.05) is 31.8 Å². The molecule has 3 nitrogen and oxygen atoms in total. The van der Waals surface area contributed by atoms with E-state index in [2.05, 4.69) is 41.4 Å². The van der Waals surface area contributed by atoms with Crippen molar-refractivity contribution in [1.29, 1.82) is 0 Å². The van der Waals surface area contributed by atoms with Crippen LogP contribution in [0.4, 0.5) is 0 Å². The second-order valence-electron chi connectivity index (χ2n) is 6.53. The maximum absolute atomic E-state index is 5.34. The number of rotatable bonds is 6. The molecule has 0 amide bonds. The van der Waals surface area contributed by atoms with Gasteiger partial charge in [-0.15, -0.1) is 0 Å². The van der Waals surface area contributed by atoms with Gasteiger partial charge in [-0.3, -0.25) is 4.90 Å². The van der Waals surface area contributed by atoms with Gasteiger partial charge in [-0.05, 0) is 43.4 Å². The number of piperidine rings is 1. The van der Waals surface area contributed by atoms with E-state index < -0.39 is 0 Å². The van der Waals surface area contributed by atoms with Gasteiger partial charge in [0.05, 0.1) is 6.61 Å². The summed E-state index contributed by atoms with van der Waals surface area (Å²) in [6, 6.07) is 11.0. The molecule has 1 N–H and O–H groups in total. The van der Waals surface area contributed by atoms with Crippen molar-refractivity contribution in [3.05, 3.63) is 35.4 Å². The number of ether oxygens (including phenoxy) is 1. The fraction of sp³-hybridized carbons (Fsp3) is 0.667. The van der Waals surface area contributed by atoms with Crippen molar-refractivity contribution in [2.45, 2.75) is 63.9 Å². The Morgan fingerprint density at radius 2 is 1.81 bits per heavy atom. The molecule has 2 bridgehead atoms. The smallest absolute Gasteiger partial charge is 0.0716 e. The molecule has 0 aromatic heterocycles. The second kappa shape index (κ2) is 6.91. The van der Waals surface area contributed by atoms with Gasteiger partial charge in [-0.25, -0.2) is 0 Å². The van der Waals surface area contributed by atoms with Crippen LogP contribution in [0.1, 0.15) is 43.7 Å². The highest BCUT2D eigenvalue weighted by atomic mass is 16.5. The van der Waals surface area contributed by atoms with E-state index >= 15 is 0 Å². The number of hydrogen-bond acceptors (Lipinski definition) is 3. The van der Waals surface area contributed by atoms with Crippen LogP contribution in [0.5, 0.6) is 0 Å². The van der Waals surface area contributed by atoms with E-state index in [4.69, 9.17) is 4.74 Å². The van der Waals surface area contributed by atoms with Gasteiger partial charge in [0.25, 0.3) is 0 Å². The molecule has 3 rings (SSSR count). The van der Waals surface area contributed by atoms with Crippen molar-refractivity contribution >= 4 is 0 Å². The molecule has 2 heterocycles. The molecule has 1 aromatic rings. The fourth-order valence-corrected chi connectivity index (χ4v) is 4.05. The molecular formula is C18H28N2O. The highest BCUT2D eigenvalue weighted by Gasteiger charge is 2.35. The lowest BCUT2D eigenvalue weighted by Crippen LogP contribution is -2.48. The highest BCUT2D eigenvalue weighted by molar-refractivity contribution is 5.26. The van der Waals surface area contributed by atoms with E-state index in [1.165, 1.54) is 36.8 Å². The summed E-state index contributed by atoms with van der Waals surface area (Å²) in [5, 5.41) is 3.75. The summed E-state index contributed by atoms with van der Waals surface area (Å²) in [5.41, 5.74) is 2.75. The van der Waals surface area contributed by atoms with Crippen LogP contribution in [0.15, 0.2) is 24.3 Å². The van der Waals surface area contributed by atoms with Crippen LogP contribution in [0.3, 0.4) is 0 Å². The van der Waals surface area contributed by atoms with E-state index in [1.54, 1.807) is 7.11 Å². The monoisotopic (exact) mass is 288 g/mol. The van der Waals surface area contributed by atoms with Crippen molar-refractivity contribution in [3.63, 3.8) is 0 Å². The van der Waals surface area contributed by atoms with Gasteiger partial charge in [0.1, 0.15) is 0 Å². The standard InChI is InChI=1S/C18H28N2O/c1-3-20(18-10-16-8-9-17(11-18)19-16)12-14-6-4-5-7-15(14)13-21-2/h4-7,16-19H,3,8-13H2,1-2H3. The Kier molecular flexibility index (Phi) is 4.94. The molecule has 1 aromatic carbocycles. The Labute approximate surface area is 128 Å². The van der Waals surface area contributed by atoms with E-state index in [1.807, 2.05) is 0 Å². The maximum Gasteiger partial charge on any atom is 0.0716 e. The quantitative estimate of drug-likeness (QED) is 0.871. The number of benzene rings is 1. The average Bonchev–Trinajstić information content (AvgIpc) is 2.85. The minimum Gasteiger partial charge on any atom is -0.380 e. The first-order valence-corrected chi connectivity index (χ1v) is 8.36. The van der Waals surface area contributed by atoms with E-state index in [-0.39, 0.29) is 0 Å². The third kappa shape index (κ3) is 3.47. The average molecular weight is 288 g/mol. The second-order valence-corrected chi connectivity index (χ2v) is 6.53. The fourth-order valence-electron chi connectivity index (χ4n) is 4.05. The lowest BCUT2D eigenvalue weighted by Gasteiger charge is -2.37. The summed E-state index contributed by atoms with van der Waals surface area (Å²) in [4.78, 5) is 2.67. The predicted octanol–water partition coefficient (Wildman–Crippen LogP) is 2.94. The Morgan fingerprint density at radius 3 is 2.43 bits per heavy atom. The van der Waals surface area contributed by atoms with Gasteiger partial charge in [-0.1, -0.05) is 31.2 Å². The van der Waals surface area contributed by atoms with Crippen molar-refractivity contribution in [3.8, 4) is 0 Å². The van der Waals surface area contributed by atoms with Gasteiger partial charge >= 0.3 is 0 Å². The van der Waals surface area contributed by atoms with Crippen molar-refractivity contribution in [2.75, 3.05) is 13.7 Å². The number of nitrogens with zero attached hydrogens (tertiary/aromatic N) is 1. The van der Waals surface area contributed by atoms with Crippen molar-refractivity contribution < 1.29 is 4.74 Å². The Hall–Kier alpha value is -0.900. The Balaban J connectivity index is 1.69. The van der Waals surface area contributed by atoms with E-state index in [9.17, 15) is 0 Å². The van der Waals surface area contributed by atoms with Crippen LogP contribution < -0.4 is 5.32 Å². The van der Waals surface area contributed by atoms with Crippen LogP contribution in [-0.2, 0) is 17.9 Å². The minimum atomic E-state index is 0.713. The zero-order valence-corrected chi connectivity index (χ0v) is 13.3. The predicted molar refractivity (Wildman–Crippen MR) is 86.2 cm³/mol. The largest absolute Gasteiger partial charge is 0.380 e. The molecular weight excluding hydrogens is 260 g/mol. The first kappa shape index (κ1) is 15.0. The Morgan fingerprint density at radius 1 is 1.14 bits per heavy atom. The summed E-state index contributed by atoms with van der Waals surface area (Å²) >= 11 is 0. The summed E-state index contributed by atoms with van der Waals surface area (Å²) in [5.74, 6) is 0. The molecule has 2 atom stereocenters. The lowest BCUT2D eigenvalue weighted by atomic mass is 9.97. The normalized spacial score (nSPS) is 28.2. The molecule has 21 heavy (non-hydrogen) atoms. The van der Waals surface area contributed by atoms with E-state index in [0.29, 0.717) is 6.61 Å². The first-order valence-electron chi connectivity index (χ1n) is 8.36. The molecule has 2 fully saturated rings. The zero-order valence-electron chi connectivity index (χ0n) is 13.3. The Bertz CT molecular complexity index is 450. The van der Waals surface area contributed by atoms with E-state index in [0.717, 1.165) is 31.2 Å². The number of nitrogens with one attached hydrogen (secondary N) is 1. The molecule has 2 aliphatic heterocycles. The maximum atomic E-state index is 5.34. The van der Waals surface area contributed by atoms with Gasteiger partial charge in [0.15, 0.2) is 0 Å². The summed E-state index contributed by atoms with van der Waals surface area (Å²) < 4.78 is 5.34. The van der Waals surface area contributed by atoms with Crippen molar-refractivity contribution in [1.82, 2.24) is 10.2 Å². The van der Waals surface area contributed by atoms with Crippen LogP contribution in [0.25, 0.3) is 0 Å². The molecule has 0 aliphatic carbocycles. The zero-order chi connectivity index (χ0) is 14.7. The molecule has 0 saturated carbocycles. The van der Waals surface area contributed by atoms with Crippen LogP contribution in [0, 0.1) is 0 Å². The van der Waals surface area contributed by atoms with Gasteiger partial charge in [-0.2, -0.15) is 0 Å². The van der Waals surface area contributed by atoms with Gasteiger partial charge < -0.3 is 10.1 Å². The number of fused-ring (bicyclic) bond motifs is 2. The van der Waals surface area contributed by atoms with Gasteiger partial charge in [0.2, 0.25) is 0 Å². The summed E-state index contributed by atoms with van der Waals surface area (Å²) in [6.07, 6.45) is 5.38. The van der Waals surface area contributed by atoms with Crippen LogP contribution in [0.2, 0.25) is 0 Å². The molecule has 2 aliphatic rings. The SMILES string of the molecule is CCN(Cc1ccccc1COC)C1CC2CCC(C1)N2. The lowest BCUT2D eigenvalue weighted by molar-refractivity contribution is 0.138. The number of hydrogen-bond donors (Lipinski definition) is 1. The third-order valence-electron chi connectivity index (χ3n) is 5.16. The third-order valence-corrected chi connectivity index (χ3v) is 5.16. The molecule has 2 saturated heterocycles. The molecule has 3 heteroatoms. The number of methoxy groups -OCH3 is 1.